The molecule has 7 heteroatoms. The molecule has 0 bridgehead atoms. The van der Waals surface area contributed by atoms with Crippen LogP contribution in [0, 0.1) is 0 Å². The van der Waals surface area contributed by atoms with Crippen molar-refractivity contribution < 1.29 is 14.3 Å². The Hall–Kier alpha value is -2.25. The van der Waals surface area contributed by atoms with Crippen molar-refractivity contribution in [3.05, 3.63) is 39.9 Å². The molecule has 2 aromatic rings. The van der Waals surface area contributed by atoms with Gasteiger partial charge in [0.25, 0.3) is 5.56 Å². The normalized spacial score (nSPS) is 21.8. The fourth-order valence-electron chi connectivity index (χ4n) is 3.13. The first-order valence-corrected chi connectivity index (χ1v) is 7.95. The van der Waals surface area contributed by atoms with Crippen LogP contribution in [0.2, 0.25) is 0 Å². The highest BCUT2D eigenvalue weighted by atomic mass is 16.5. The van der Waals surface area contributed by atoms with Crippen molar-refractivity contribution in [2.24, 2.45) is 0 Å². The Labute approximate surface area is 139 Å². The maximum absolute atomic E-state index is 12.3. The Morgan fingerprint density at radius 3 is 2.75 bits per heavy atom. The molecule has 0 spiro atoms. The molecule has 0 saturated carbocycles. The highest BCUT2D eigenvalue weighted by Gasteiger charge is 2.23. The van der Waals surface area contributed by atoms with Crippen molar-refractivity contribution in [1.29, 1.82) is 0 Å². The molecule has 1 aliphatic heterocycles. The minimum Gasteiger partial charge on any atom is -0.465 e. The monoisotopic (exact) mass is 331 g/mol. The number of carbonyl (C=O) groups is 1. The van der Waals surface area contributed by atoms with Crippen molar-refractivity contribution in [2.45, 2.75) is 32.6 Å². The van der Waals surface area contributed by atoms with Crippen molar-refractivity contribution >= 4 is 16.9 Å². The van der Waals surface area contributed by atoms with Crippen LogP contribution in [0.15, 0.2) is 23.0 Å². The second-order valence-electron chi connectivity index (χ2n) is 6.19. The molecule has 1 aromatic carbocycles. The molecule has 0 radical (unpaired) electrons. The standard InChI is InChI=1S/C17H21N3O4/c1-10-7-20(8-11(2)24-10)9-15-18-14-6-12(17(22)23-3)4-5-13(14)16(21)19-15/h4-6,10-11H,7-9H2,1-3H3,(H,18,19,21). The second kappa shape index (κ2) is 6.70. The average molecular weight is 331 g/mol. The van der Waals surface area contributed by atoms with Crippen LogP contribution in [0.5, 0.6) is 0 Å². The molecule has 1 aromatic heterocycles. The van der Waals surface area contributed by atoms with E-state index in [-0.39, 0.29) is 17.8 Å². The van der Waals surface area contributed by atoms with E-state index in [1.165, 1.54) is 7.11 Å². The van der Waals surface area contributed by atoms with Crippen LogP contribution in [0.3, 0.4) is 0 Å². The summed E-state index contributed by atoms with van der Waals surface area (Å²) >= 11 is 0. The first kappa shape index (κ1) is 16.6. The Kier molecular flexibility index (Phi) is 4.64. The van der Waals surface area contributed by atoms with Gasteiger partial charge in [-0.25, -0.2) is 9.78 Å². The third-order valence-corrected chi connectivity index (χ3v) is 4.05. The summed E-state index contributed by atoms with van der Waals surface area (Å²) in [6, 6.07) is 4.75. The second-order valence-corrected chi connectivity index (χ2v) is 6.19. The van der Waals surface area contributed by atoms with Crippen molar-refractivity contribution in [3.8, 4) is 0 Å². The minimum atomic E-state index is -0.448. The fourth-order valence-corrected chi connectivity index (χ4v) is 3.13. The van der Waals surface area contributed by atoms with Gasteiger partial charge in [-0.3, -0.25) is 9.69 Å². The summed E-state index contributed by atoms with van der Waals surface area (Å²) in [5.41, 5.74) is 0.662. The number of esters is 1. The minimum absolute atomic E-state index is 0.145. The van der Waals surface area contributed by atoms with Gasteiger partial charge in [0.05, 0.1) is 42.3 Å². The largest absolute Gasteiger partial charge is 0.465 e. The van der Waals surface area contributed by atoms with Crippen LogP contribution in [0.1, 0.15) is 30.0 Å². The summed E-state index contributed by atoms with van der Waals surface area (Å²) in [6.45, 7) is 6.16. The van der Waals surface area contributed by atoms with E-state index in [2.05, 4.69) is 14.9 Å². The summed E-state index contributed by atoms with van der Waals surface area (Å²) in [7, 11) is 1.32. The molecule has 3 rings (SSSR count). The van der Waals surface area contributed by atoms with E-state index in [0.717, 1.165) is 13.1 Å². The number of H-pyrrole nitrogens is 1. The number of fused-ring (bicyclic) bond motifs is 1. The predicted molar refractivity (Wildman–Crippen MR) is 89.0 cm³/mol. The Morgan fingerprint density at radius 2 is 2.08 bits per heavy atom. The summed E-state index contributed by atoms with van der Waals surface area (Å²) in [6.07, 6.45) is 0.290. The van der Waals surface area contributed by atoms with Crippen molar-refractivity contribution in [1.82, 2.24) is 14.9 Å². The van der Waals surface area contributed by atoms with Gasteiger partial charge in [0.2, 0.25) is 0 Å². The zero-order valence-electron chi connectivity index (χ0n) is 14.0. The van der Waals surface area contributed by atoms with E-state index in [4.69, 9.17) is 9.47 Å². The molecule has 2 unspecified atom stereocenters. The van der Waals surface area contributed by atoms with Crippen molar-refractivity contribution in [2.75, 3.05) is 20.2 Å². The van der Waals surface area contributed by atoms with E-state index < -0.39 is 5.97 Å². The summed E-state index contributed by atoms with van der Waals surface area (Å²) in [4.78, 5) is 33.5. The lowest BCUT2D eigenvalue weighted by Gasteiger charge is -2.34. The van der Waals surface area contributed by atoms with Gasteiger partial charge in [-0.15, -0.1) is 0 Å². The zero-order chi connectivity index (χ0) is 17.3. The van der Waals surface area contributed by atoms with E-state index in [1.54, 1.807) is 18.2 Å². The molecular weight excluding hydrogens is 310 g/mol. The van der Waals surface area contributed by atoms with Crippen LogP contribution in [-0.2, 0) is 16.0 Å². The van der Waals surface area contributed by atoms with Crippen LogP contribution < -0.4 is 5.56 Å². The summed E-state index contributed by atoms with van der Waals surface area (Å²) < 4.78 is 10.4. The zero-order valence-corrected chi connectivity index (χ0v) is 14.0. The highest BCUT2D eigenvalue weighted by Crippen LogP contribution is 2.15. The molecule has 2 heterocycles. The maximum atomic E-state index is 12.3. The number of methoxy groups -OCH3 is 1. The summed E-state index contributed by atoms with van der Waals surface area (Å²) in [5.74, 6) is 0.132. The van der Waals surface area contributed by atoms with Crippen LogP contribution in [-0.4, -0.2) is 53.2 Å². The first-order valence-electron chi connectivity index (χ1n) is 7.95. The predicted octanol–water partition coefficient (Wildman–Crippen LogP) is 1.32. The van der Waals surface area contributed by atoms with E-state index in [0.29, 0.717) is 28.8 Å². The molecule has 0 amide bonds. The Morgan fingerprint density at radius 1 is 1.38 bits per heavy atom. The van der Waals surface area contributed by atoms with Gasteiger partial charge in [0.15, 0.2) is 0 Å². The molecule has 1 fully saturated rings. The molecule has 2 atom stereocenters. The van der Waals surface area contributed by atoms with Gasteiger partial charge in [0.1, 0.15) is 5.82 Å². The number of carbonyl (C=O) groups excluding carboxylic acids is 1. The lowest BCUT2D eigenvalue weighted by atomic mass is 10.1. The van der Waals surface area contributed by atoms with E-state index in [1.807, 2.05) is 13.8 Å². The maximum Gasteiger partial charge on any atom is 0.337 e. The number of morpholine rings is 1. The van der Waals surface area contributed by atoms with Gasteiger partial charge in [-0.05, 0) is 32.0 Å². The molecule has 1 N–H and O–H groups in total. The lowest BCUT2D eigenvalue weighted by Crippen LogP contribution is -2.45. The highest BCUT2D eigenvalue weighted by molar-refractivity contribution is 5.93. The number of hydrogen-bond donors (Lipinski definition) is 1. The van der Waals surface area contributed by atoms with Crippen LogP contribution in [0.4, 0.5) is 0 Å². The van der Waals surface area contributed by atoms with E-state index in [9.17, 15) is 9.59 Å². The SMILES string of the molecule is COC(=O)c1ccc2c(=O)[nH]c(CN3CC(C)OC(C)C3)nc2c1. The number of rotatable bonds is 3. The van der Waals surface area contributed by atoms with Crippen LogP contribution >= 0.6 is 0 Å². The average Bonchev–Trinajstić information content (AvgIpc) is 2.52. The molecule has 7 nitrogen and oxygen atoms in total. The third kappa shape index (κ3) is 3.47. The summed E-state index contributed by atoms with van der Waals surface area (Å²) in [5, 5.41) is 0.454. The van der Waals surface area contributed by atoms with Crippen molar-refractivity contribution in [3.63, 3.8) is 0 Å². The number of nitrogens with one attached hydrogen (secondary N) is 1. The molecule has 128 valence electrons. The van der Waals surface area contributed by atoms with Gasteiger partial charge in [-0.1, -0.05) is 0 Å². The topological polar surface area (TPSA) is 84.5 Å². The lowest BCUT2D eigenvalue weighted by molar-refractivity contribution is -0.0710. The smallest absolute Gasteiger partial charge is 0.337 e. The van der Waals surface area contributed by atoms with Gasteiger partial charge in [0, 0.05) is 13.1 Å². The number of aromatic amines is 1. The number of aromatic nitrogens is 2. The van der Waals surface area contributed by atoms with Crippen LogP contribution in [0.25, 0.3) is 10.9 Å². The quantitative estimate of drug-likeness (QED) is 0.854. The third-order valence-electron chi connectivity index (χ3n) is 4.05. The number of nitrogens with zero attached hydrogens (tertiary/aromatic N) is 2. The van der Waals surface area contributed by atoms with Gasteiger partial charge in [-0.2, -0.15) is 0 Å². The first-order chi connectivity index (χ1) is 11.5. The number of hydrogen-bond acceptors (Lipinski definition) is 6. The van der Waals surface area contributed by atoms with Gasteiger partial charge >= 0.3 is 5.97 Å². The fraction of sp³-hybridized carbons (Fsp3) is 0.471. The molecule has 1 aliphatic rings. The van der Waals surface area contributed by atoms with E-state index >= 15 is 0 Å². The molecule has 1 saturated heterocycles. The Bertz CT molecular complexity index is 807. The molecule has 24 heavy (non-hydrogen) atoms. The number of benzene rings is 1. The molecular formula is C17H21N3O4. The number of ether oxygens (including phenoxy) is 2. The molecule has 0 aliphatic carbocycles. The van der Waals surface area contributed by atoms with Gasteiger partial charge < -0.3 is 14.5 Å². The Balaban J connectivity index is 1.91.